The van der Waals surface area contributed by atoms with Crippen LogP contribution in [0.4, 0.5) is 0 Å². The van der Waals surface area contributed by atoms with Crippen LogP contribution in [-0.4, -0.2) is 20.4 Å². The summed E-state index contributed by atoms with van der Waals surface area (Å²) in [6.07, 6.45) is 0. The third-order valence-corrected chi connectivity index (χ3v) is 1.95. The molecule has 0 aliphatic heterocycles. The molecule has 0 aliphatic carbocycles. The maximum absolute atomic E-state index is 9.17. The minimum absolute atomic E-state index is 0.350. The van der Waals surface area contributed by atoms with Crippen molar-refractivity contribution in [3.05, 3.63) is 11.1 Å². The van der Waals surface area contributed by atoms with E-state index < -0.39 is 23.0 Å². The Hall–Kier alpha value is -1.58. The van der Waals surface area contributed by atoms with Gasteiger partial charge in [-0.05, 0) is 13.8 Å². The summed E-state index contributed by atoms with van der Waals surface area (Å²) in [4.78, 5) is 0. The van der Waals surface area contributed by atoms with Gasteiger partial charge in [-0.25, -0.2) is 0 Å². The monoisotopic (exact) mass is 170 g/mol. The lowest BCUT2D eigenvalue weighted by molar-refractivity contribution is 0.342. The van der Waals surface area contributed by atoms with E-state index in [-0.39, 0.29) is 0 Å². The number of phenolic OH excluding ortho intramolecular Hbond substituents is 4. The minimum atomic E-state index is -0.685. The smallest absolute Gasteiger partial charge is 0.204 e. The van der Waals surface area contributed by atoms with E-state index in [4.69, 9.17) is 10.2 Å². The molecule has 0 amide bonds. The molecule has 0 bridgehead atoms. The molecular formula is C8H10O4. The highest BCUT2D eigenvalue weighted by molar-refractivity contribution is 5.63. The molecule has 4 N–H and O–H groups in total. The van der Waals surface area contributed by atoms with E-state index in [2.05, 4.69) is 0 Å². The van der Waals surface area contributed by atoms with Crippen LogP contribution in [-0.2, 0) is 0 Å². The first-order valence-electron chi connectivity index (χ1n) is 3.39. The third kappa shape index (κ3) is 0.922. The van der Waals surface area contributed by atoms with Crippen LogP contribution >= 0.6 is 0 Å². The summed E-state index contributed by atoms with van der Waals surface area (Å²) in [5.41, 5.74) is 0.700. The number of benzene rings is 1. The van der Waals surface area contributed by atoms with Crippen molar-refractivity contribution in [3.8, 4) is 23.0 Å². The predicted molar refractivity (Wildman–Crippen MR) is 42.6 cm³/mol. The molecule has 0 aromatic heterocycles. The maximum Gasteiger partial charge on any atom is 0.204 e. The predicted octanol–water partition coefficient (Wildman–Crippen LogP) is 1.13. The first kappa shape index (κ1) is 8.52. The van der Waals surface area contributed by atoms with Gasteiger partial charge in [0, 0.05) is 11.1 Å². The molecule has 1 aromatic carbocycles. The van der Waals surface area contributed by atoms with Gasteiger partial charge in [0.25, 0.3) is 0 Å². The molecule has 12 heavy (non-hydrogen) atoms. The van der Waals surface area contributed by atoms with Crippen LogP contribution in [0.15, 0.2) is 0 Å². The second kappa shape index (κ2) is 2.48. The Morgan fingerprint density at radius 3 is 1.08 bits per heavy atom. The fraction of sp³-hybridized carbons (Fsp3) is 0.250. The number of hydrogen-bond donors (Lipinski definition) is 4. The van der Waals surface area contributed by atoms with Crippen molar-refractivity contribution < 1.29 is 20.4 Å². The van der Waals surface area contributed by atoms with E-state index in [1.165, 1.54) is 13.8 Å². The second-order valence-electron chi connectivity index (χ2n) is 2.64. The van der Waals surface area contributed by atoms with Gasteiger partial charge in [-0.2, -0.15) is 0 Å². The Morgan fingerprint density at radius 2 is 0.833 bits per heavy atom. The minimum Gasteiger partial charge on any atom is -0.504 e. The molecule has 66 valence electrons. The second-order valence-corrected chi connectivity index (χ2v) is 2.64. The van der Waals surface area contributed by atoms with E-state index in [1.54, 1.807) is 0 Å². The summed E-state index contributed by atoms with van der Waals surface area (Å²) in [6, 6.07) is 0. The molecule has 0 radical (unpaired) electrons. The molecule has 4 heteroatoms. The van der Waals surface area contributed by atoms with Gasteiger partial charge in [0.15, 0.2) is 11.5 Å². The van der Waals surface area contributed by atoms with Crippen molar-refractivity contribution in [2.45, 2.75) is 13.8 Å². The molecule has 1 rings (SSSR count). The number of phenols is 4. The average molecular weight is 170 g/mol. The van der Waals surface area contributed by atoms with E-state index in [0.29, 0.717) is 11.1 Å². The molecule has 0 fully saturated rings. The highest BCUT2D eigenvalue weighted by Gasteiger charge is 2.17. The molecule has 0 aliphatic rings. The lowest BCUT2D eigenvalue weighted by Crippen LogP contribution is -1.84. The summed E-state index contributed by atoms with van der Waals surface area (Å²) in [6.45, 7) is 3.06. The first-order chi connectivity index (χ1) is 5.46. The molecular weight excluding hydrogens is 160 g/mol. The van der Waals surface area contributed by atoms with Crippen molar-refractivity contribution in [3.63, 3.8) is 0 Å². The maximum atomic E-state index is 9.17. The van der Waals surface area contributed by atoms with Crippen molar-refractivity contribution in [1.82, 2.24) is 0 Å². The van der Waals surface area contributed by atoms with Gasteiger partial charge in [0.05, 0.1) is 0 Å². The van der Waals surface area contributed by atoms with Gasteiger partial charge in [0.1, 0.15) is 0 Å². The van der Waals surface area contributed by atoms with Crippen LogP contribution < -0.4 is 0 Å². The summed E-state index contributed by atoms with van der Waals surface area (Å²) < 4.78 is 0. The summed E-state index contributed by atoms with van der Waals surface area (Å²) in [5.74, 6) is -2.17. The molecule has 1 aromatic rings. The Balaban J connectivity index is 3.60. The first-order valence-corrected chi connectivity index (χ1v) is 3.39. The molecule has 0 atom stereocenters. The number of hydrogen-bond acceptors (Lipinski definition) is 4. The zero-order valence-corrected chi connectivity index (χ0v) is 6.79. The van der Waals surface area contributed by atoms with Crippen LogP contribution in [0, 0.1) is 13.8 Å². The van der Waals surface area contributed by atoms with Gasteiger partial charge in [0.2, 0.25) is 11.5 Å². The van der Waals surface area contributed by atoms with Gasteiger partial charge < -0.3 is 20.4 Å². The van der Waals surface area contributed by atoms with Crippen molar-refractivity contribution in [1.29, 1.82) is 0 Å². The highest BCUT2D eigenvalue weighted by Crippen LogP contribution is 2.46. The lowest BCUT2D eigenvalue weighted by Gasteiger charge is -2.09. The lowest BCUT2D eigenvalue weighted by atomic mass is 10.1. The number of aromatic hydroxyl groups is 4. The van der Waals surface area contributed by atoms with Gasteiger partial charge in [-0.15, -0.1) is 0 Å². The Labute approximate surface area is 69.3 Å². The zero-order chi connectivity index (χ0) is 9.46. The SMILES string of the molecule is Cc1c(C)c(O)c(O)c(O)c1O. The Kier molecular flexibility index (Phi) is 1.76. The number of rotatable bonds is 0. The topological polar surface area (TPSA) is 80.9 Å². The normalized spacial score (nSPS) is 10.2. The molecule has 0 unspecified atom stereocenters. The van der Waals surface area contributed by atoms with Crippen molar-refractivity contribution in [2.75, 3.05) is 0 Å². The van der Waals surface area contributed by atoms with Crippen LogP contribution in [0.2, 0.25) is 0 Å². The largest absolute Gasteiger partial charge is 0.504 e. The van der Waals surface area contributed by atoms with E-state index in [9.17, 15) is 10.2 Å². The molecule has 0 saturated heterocycles. The molecule has 0 saturated carbocycles. The molecule has 0 heterocycles. The molecule has 4 nitrogen and oxygen atoms in total. The standard InChI is InChI=1S/C8H10O4/c1-3-4(2)6(10)8(12)7(11)5(3)9/h9-12H,1-2H3. The summed E-state index contributed by atoms with van der Waals surface area (Å²) in [5, 5.41) is 36.4. The third-order valence-electron chi connectivity index (χ3n) is 1.95. The summed E-state index contributed by atoms with van der Waals surface area (Å²) >= 11 is 0. The average Bonchev–Trinajstić information content (AvgIpc) is 2.08. The van der Waals surface area contributed by atoms with Crippen LogP contribution in [0.1, 0.15) is 11.1 Å². The van der Waals surface area contributed by atoms with Crippen molar-refractivity contribution in [2.24, 2.45) is 0 Å². The van der Waals surface area contributed by atoms with Crippen LogP contribution in [0.25, 0.3) is 0 Å². The van der Waals surface area contributed by atoms with Gasteiger partial charge >= 0.3 is 0 Å². The molecule has 0 spiro atoms. The summed E-state index contributed by atoms with van der Waals surface area (Å²) in [7, 11) is 0. The van der Waals surface area contributed by atoms with E-state index in [1.807, 2.05) is 0 Å². The van der Waals surface area contributed by atoms with Crippen LogP contribution in [0.5, 0.6) is 23.0 Å². The van der Waals surface area contributed by atoms with E-state index >= 15 is 0 Å². The zero-order valence-electron chi connectivity index (χ0n) is 6.79. The highest BCUT2D eigenvalue weighted by atomic mass is 16.3. The van der Waals surface area contributed by atoms with E-state index in [0.717, 1.165) is 0 Å². The van der Waals surface area contributed by atoms with Gasteiger partial charge in [-0.1, -0.05) is 0 Å². The Bertz CT molecular complexity index is 225. The fourth-order valence-corrected chi connectivity index (χ4v) is 0.935. The quantitative estimate of drug-likeness (QED) is 0.347. The van der Waals surface area contributed by atoms with Crippen LogP contribution in [0.3, 0.4) is 0 Å². The van der Waals surface area contributed by atoms with Crippen molar-refractivity contribution >= 4 is 0 Å². The van der Waals surface area contributed by atoms with Gasteiger partial charge in [-0.3, -0.25) is 0 Å². The Morgan fingerprint density at radius 1 is 0.583 bits per heavy atom. The fourth-order valence-electron chi connectivity index (χ4n) is 0.935.